The Labute approximate surface area is 127 Å². The lowest BCUT2D eigenvalue weighted by Gasteiger charge is -2.09. The zero-order valence-electron chi connectivity index (χ0n) is 11.7. The van der Waals surface area contributed by atoms with Crippen LogP contribution in [-0.4, -0.2) is 17.0 Å². The molecule has 1 aromatic carbocycles. The summed E-state index contributed by atoms with van der Waals surface area (Å²) in [4.78, 5) is 9.10. The number of anilines is 2. The van der Waals surface area contributed by atoms with Gasteiger partial charge in [0.1, 0.15) is 11.6 Å². The van der Waals surface area contributed by atoms with Crippen LogP contribution >= 0.6 is 11.3 Å². The number of aromatic nitrogens is 2. The van der Waals surface area contributed by atoms with Crippen LogP contribution < -0.4 is 10.6 Å². The molecule has 2 aromatic heterocycles. The molecule has 2 N–H and O–H groups in total. The molecule has 21 heavy (non-hydrogen) atoms. The van der Waals surface area contributed by atoms with Gasteiger partial charge in [-0.15, -0.1) is 0 Å². The SMILES string of the molecule is CNc1cc(NCc2ccsc2)nc(-c2ccccc2)n1. The Morgan fingerprint density at radius 3 is 2.57 bits per heavy atom. The average molecular weight is 296 g/mol. The number of rotatable bonds is 5. The molecule has 3 aromatic rings. The van der Waals surface area contributed by atoms with Gasteiger partial charge in [0.15, 0.2) is 5.82 Å². The van der Waals surface area contributed by atoms with Gasteiger partial charge < -0.3 is 10.6 Å². The lowest BCUT2D eigenvalue weighted by molar-refractivity contribution is 1.09. The fraction of sp³-hybridized carbons (Fsp3) is 0.125. The van der Waals surface area contributed by atoms with Gasteiger partial charge in [0, 0.05) is 25.2 Å². The van der Waals surface area contributed by atoms with E-state index >= 15 is 0 Å². The molecule has 0 atom stereocenters. The van der Waals surface area contributed by atoms with Crippen LogP contribution in [0.15, 0.2) is 53.2 Å². The molecule has 5 heteroatoms. The second-order valence-corrected chi connectivity index (χ2v) is 5.34. The van der Waals surface area contributed by atoms with Crippen molar-refractivity contribution in [1.82, 2.24) is 9.97 Å². The Morgan fingerprint density at radius 1 is 1.05 bits per heavy atom. The van der Waals surface area contributed by atoms with Crippen LogP contribution in [0.5, 0.6) is 0 Å². The van der Waals surface area contributed by atoms with E-state index in [1.807, 2.05) is 43.4 Å². The number of thiophene rings is 1. The summed E-state index contributed by atoms with van der Waals surface area (Å²) in [6.45, 7) is 0.762. The van der Waals surface area contributed by atoms with E-state index in [1.165, 1.54) is 5.56 Å². The first kappa shape index (κ1) is 13.6. The van der Waals surface area contributed by atoms with Gasteiger partial charge in [0.2, 0.25) is 0 Å². The van der Waals surface area contributed by atoms with Crippen LogP contribution in [0.2, 0.25) is 0 Å². The highest BCUT2D eigenvalue weighted by atomic mass is 32.1. The van der Waals surface area contributed by atoms with Gasteiger partial charge in [0.25, 0.3) is 0 Å². The minimum atomic E-state index is 0.718. The van der Waals surface area contributed by atoms with E-state index < -0.39 is 0 Å². The van der Waals surface area contributed by atoms with Gasteiger partial charge in [-0.25, -0.2) is 9.97 Å². The van der Waals surface area contributed by atoms with Crippen molar-refractivity contribution < 1.29 is 0 Å². The molecule has 0 unspecified atom stereocenters. The van der Waals surface area contributed by atoms with E-state index in [2.05, 4.69) is 37.4 Å². The van der Waals surface area contributed by atoms with E-state index in [4.69, 9.17) is 0 Å². The van der Waals surface area contributed by atoms with Crippen molar-refractivity contribution in [2.45, 2.75) is 6.54 Å². The van der Waals surface area contributed by atoms with Crippen molar-refractivity contribution in [2.24, 2.45) is 0 Å². The molecule has 2 heterocycles. The Balaban J connectivity index is 1.86. The topological polar surface area (TPSA) is 49.8 Å². The Hall–Kier alpha value is -2.40. The van der Waals surface area contributed by atoms with Crippen LogP contribution in [-0.2, 0) is 6.54 Å². The number of nitrogens with one attached hydrogen (secondary N) is 2. The van der Waals surface area contributed by atoms with Crippen molar-refractivity contribution in [2.75, 3.05) is 17.7 Å². The maximum Gasteiger partial charge on any atom is 0.163 e. The summed E-state index contributed by atoms with van der Waals surface area (Å²) in [6.07, 6.45) is 0. The molecule has 0 aliphatic rings. The number of benzene rings is 1. The van der Waals surface area contributed by atoms with Gasteiger partial charge in [-0.3, -0.25) is 0 Å². The molecule has 0 amide bonds. The van der Waals surface area contributed by atoms with Gasteiger partial charge in [-0.1, -0.05) is 30.3 Å². The Kier molecular flexibility index (Phi) is 4.12. The standard InChI is InChI=1S/C16H16N4S/c1-17-14-9-15(18-10-12-7-8-21-11-12)20-16(19-14)13-5-3-2-4-6-13/h2-9,11H,10H2,1H3,(H2,17,18,19,20). The molecule has 0 radical (unpaired) electrons. The highest BCUT2D eigenvalue weighted by Crippen LogP contribution is 2.20. The quantitative estimate of drug-likeness (QED) is 0.750. The van der Waals surface area contributed by atoms with Crippen LogP contribution in [0, 0.1) is 0 Å². The van der Waals surface area contributed by atoms with Crippen molar-refractivity contribution in [3.05, 3.63) is 58.8 Å². The van der Waals surface area contributed by atoms with Gasteiger partial charge in [-0.05, 0) is 22.4 Å². The fourth-order valence-corrected chi connectivity index (χ4v) is 2.64. The number of hydrogen-bond acceptors (Lipinski definition) is 5. The van der Waals surface area contributed by atoms with Crippen LogP contribution in [0.1, 0.15) is 5.56 Å². The molecule has 106 valence electrons. The van der Waals surface area contributed by atoms with Gasteiger partial charge >= 0.3 is 0 Å². The van der Waals surface area contributed by atoms with E-state index in [0.717, 1.165) is 29.6 Å². The van der Waals surface area contributed by atoms with Crippen molar-refractivity contribution >= 4 is 23.0 Å². The minimum Gasteiger partial charge on any atom is -0.373 e. The van der Waals surface area contributed by atoms with Crippen LogP contribution in [0.4, 0.5) is 11.6 Å². The maximum atomic E-state index is 4.59. The maximum absolute atomic E-state index is 4.59. The fourth-order valence-electron chi connectivity index (χ4n) is 1.97. The van der Waals surface area contributed by atoms with E-state index in [-0.39, 0.29) is 0 Å². The van der Waals surface area contributed by atoms with Crippen molar-refractivity contribution in [1.29, 1.82) is 0 Å². The second-order valence-electron chi connectivity index (χ2n) is 4.56. The molecule has 0 fully saturated rings. The first-order valence-corrected chi connectivity index (χ1v) is 7.66. The van der Waals surface area contributed by atoms with Crippen LogP contribution in [0.25, 0.3) is 11.4 Å². The monoisotopic (exact) mass is 296 g/mol. The van der Waals surface area contributed by atoms with E-state index in [0.29, 0.717) is 0 Å². The normalized spacial score (nSPS) is 10.3. The highest BCUT2D eigenvalue weighted by Gasteiger charge is 2.06. The summed E-state index contributed by atoms with van der Waals surface area (Å²) in [7, 11) is 1.86. The lowest BCUT2D eigenvalue weighted by Crippen LogP contribution is -2.04. The molecule has 0 saturated heterocycles. The molecule has 0 aliphatic carbocycles. The Morgan fingerprint density at radius 2 is 1.86 bits per heavy atom. The largest absolute Gasteiger partial charge is 0.373 e. The van der Waals surface area contributed by atoms with Crippen molar-refractivity contribution in [3.63, 3.8) is 0 Å². The summed E-state index contributed by atoms with van der Waals surface area (Å²) in [5, 5.41) is 10.6. The molecule has 0 aliphatic heterocycles. The number of hydrogen-bond donors (Lipinski definition) is 2. The molecule has 0 bridgehead atoms. The predicted octanol–water partition coefficient (Wildman–Crippen LogP) is 3.86. The lowest BCUT2D eigenvalue weighted by atomic mass is 10.2. The van der Waals surface area contributed by atoms with E-state index in [1.54, 1.807) is 11.3 Å². The summed E-state index contributed by atoms with van der Waals surface area (Å²) < 4.78 is 0. The summed E-state index contributed by atoms with van der Waals surface area (Å²) >= 11 is 1.70. The molecule has 0 saturated carbocycles. The number of nitrogens with zero attached hydrogens (tertiary/aromatic N) is 2. The molecule has 4 nitrogen and oxygen atoms in total. The zero-order chi connectivity index (χ0) is 14.5. The average Bonchev–Trinajstić information content (AvgIpc) is 3.07. The zero-order valence-corrected chi connectivity index (χ0v) is 12.5. The van der Waals surface area contributed by atoms with Gasteiger partial charge in [-0.2, -0.15) is 11.3 Å². The van der Waals surface area contributed by atoms with Crippen LogP contribution in [0.3, 0.4) is 0 Å². The molecular formula is C16H16N4S. The minimum absolute atomic E-state index is 0.718. The third kappa shape index (κ3) is 3.38. The first-order valence-electron chi connectivity index (χ1n) is 6.72. The predicted molar refractivity (Wildman–Crippen MR) is 88.7 cm³/mol. The third-order valence-electron chi connectivity index (χ3n) is 3.07. The smallest absolute Gasteiger partial charge is 0.163 e. The van der Waals surface area contributed by atoms with Gasteiger partial charge in [0.05, 0.1) is 0 Å². The highest BCUT2D eigenvalue weighted by molar-refractivity contribution is 7.07. The van der Waals surface area contributed by atoms with Crippen molar-refractivity contribution in [3.8, 4) is 11.4 Å². The second kappa shape index (κ2) is 6.37. The summed E-state index contributed by atoms with van der Waals surface area (Å²) in [5.41, 5.74) is 2.26. The van der Waals surface area contributed by atoms with E-state index in [9.17, 15) is 0 Å². The first-order chi connectivity index (χ1) is 10.3. The molecular weight excluding hydrogens is 280 g/mol. The third-order valence-corrected chi connectivity index (χ3v) is 3.80. The molecule has 3 rings (SSSR count). The molecule has 0 spiro atoms. The summed E-state index contributed by atoms with van der Waals surface area (Å²) in [5.74, 6) is 2.34. The Bertz CT molecular complexity index is 696. The summed E-state index contributed by atoms with van der Waals surface area (Å²) in [6, 6.07) is 14.0.